The molecule has 0 fully saturated rings. The van der Waals surface area contributed by atoms with Crippen molar-refractivity contribution in [3.8, 4) is 5.75 Å². The summed E-state index contributed by atoms with van der Waals surface area (Å²) in [6, 6.07) is 14.3. The van der Waals surface area contributed by atoms with Gasteiger partial charge < -0.3 is 10.1 Å². The van der Waals surface area contributed by atoms with Crippen LogP contribution in [0.3, 0.4) is 0 Å². The second kappa shape index (κ2) is 6.78. The van der Waals surface area contributed by atoms with Gasteiger partial charge in [-0.2, -0.15) is 0 Å². The van der Waals surface area contributed by atoms with Crippen molar-refractivity contribution in [2.45, 2.75) is 26.4 Å². The number of hydrogen-bond donors (Lipinski definition) is 1. The smallest absolute Gasteiger partial charge is 0.123 e. The minimum Gasteiger partial charge on any atom is -0.496 e. The van der Waals surface area contributed by atoms with Crippen molar-refractivity contribution >= 4 is 11.6 Å². The van der Waals surface area contributed by atoms with Crippen LogP contribution >= 0.6 is 11.6 Å². The summed E-state index contributed by atoms with van der Waals surface area (Å²) < 4.78 is 5.40. The highest BCUT2D eigenvalue weighted by atomic mass is 35.5. The van der Waals surface area contributed by atoms with Crippen molar-refractivity contribution in [2.75, 3.05) is 7.11 Å². The molecule has 0 saturated heterocycles. The summed E-state index contributed by atoms with van der Waals surface area (Å²) in [4.78, 5) is 0. The molecule has 0 saturated carbocycles. The number of nitrogens with one attached hydrogen (secondary N) is 1. The zero-order valence-electron chi connectivity index (χ0n) is 12.1. The van der Waals surface area contributed by atoms with Gasteiger partial charge in [-0.15, -0.1) is 0 Å². The lowest BCUT2D eigenvalue weighted by molar-refractivity contribution is 0.401. The summed E-state index contributed by atoms with van der Waals surface area (Å²) in [6.45, 7) is 5.03. The van der Waals surface area contributed by atoms with Gasteiger partial charge in [0, 0.05) is 23.2 Å². The fraction of sp³-hybridized carbons (Fsp3) is 0.294. The normalized spacial score (nSPS) is 12.2. The van der Waals surface area contributed by atoms with Crippen LogP contribution in [0.5, 0.6) is 5.75 Å². The number of rotatable bonds is 5. The van der Waals surface area contributed by atoms with E-state index in [1.165, 1.54) is 16.7 Å². The summed E-state index contributed by atoms with van der Waals surface area (Å²) in [6.07, 6.45) is 0. The number of hydrogen-bond acceptors (Lipinski definition) is 2. The van der Waals surface area contributed by atoms with Crippen molar-refractivity contribution in [2.24, 2.45) is 0 Å². The maximum atomic E-state index is 5.98. The van der Waals surface area contributed by atoms with Crippen LogP contribution in [-0.4, -0.2) is 7.11 Å². The van der Waals surface area contributed by atoms with E-state index < -0.39 is 0 Å². The molecule has 20 heavy (non-hydrogen) atoms. The van der Waals surface area contributed by atoms with Crippen molar-refractivity contribution in [1.82, 2.24) is 5.32 Å². The van der Waals surface area contributed by atoms with Gasteiger partial charge in [-0.3, -0.25) is 0 Å². The third kappa shape index (κ3) is 3.53. The average Bonchev–Trinajstić information content (AvgIpc) is 2.46. The third-order valence-electron chi connectivity index (χ3n) is 3.51. The SMILES string of the molecule is COc1ccccc1[C@H](C)NCc1ccc(Cl)cc1C. The predicted molar refractivity (Wildman–Crippen MR) is 84.4 cm³/mol. The lowest BCUT2D eigenvalue weighted by Gasteiger charge is -2.18. The van der Waals surface area contributed by atoms with Crippen molar-refractivity contribution in [1.29, 1.82) is 0 Å². The largest absolute Gasteiger partial charge is 0.496 e. The topological polar surface area (TPSA) is 21.3 Å². The average molecular weight is 290 g/mol. The first-order valence-electron chi connectivity index (χ1n) is 6.73. The van der Waals surface area contributed by atoms with E-state index in [1.54, 1.807) is 7.11 Å². The van der Waals surface area contributed by atoms with Gasteiger partial charge in [0.25, 0.3) is 0 Å². The summed E-state index contributed by atoms with van der Waals surface area (Å²) >= 11 is 5.98. The second-order valence-electron chi connectivity index (χ2n) is 4.92. The Labute approximate surface area is 125 Å². The summed E-state index contributed by atoms with van der Waals surface area (Å²) in [5, 5.41) is 4.31. The summed E-state index contributed by atoms with van der Waals surface area (Å²) in [7, 11) is 1.70. The van der Waals surface area contributed by atoms with Gasteiger partial charge in [0.1, 0.15) is 5.75 Å². The van der Waals surface area contributed by atoms with Crippen molar-refractivity contribution in [3.63, 3.8) is 0 Å². The van der Waals surface area contributed by atoms with Crippen LogP contribution in [0.1, 0.15) is 29.7 Å². The fourth-order valence-electron chi connectivity index (χ4n) is 2.25. The first kappa shape index (κ1) is 14.9. The van der Waals surface area contributed by atoms with E-state index in [9.17, 15) is 0 Å². The summed E-state index contributed by atoms with van der Waals surface area (Å²) in [5.74, 6) is 0.917. The van der Waals surface area contributed by atoms with Crippen LogP contribution in [0, 0.1) is 6.92 Å². The predicted octanol–water partition coefficient (Wildman–Crippen LogP) is 4.51. The summed E-state index contributed by atoms with van der Waals surface area (Å²) in [5.41, 5.74) is 3.63. The molecule has 2 aromatic carbocycles. The molecule has 0 spiro atoms. The van der Waals surface area contributed by atoms with Gasteiger partial charge in [-0.25, -0.2) is 0 Å². The number of para-hydroxylation sites is 1. The van der Waals surface area contributed by atoms with Gasteiger partial charge in [0.2, 0.25) is 0 Å². The standard InChI is InChI=1S/C17H20ClNO/c1-12-10-15(18)9-8-14(12)11-19-13(2)16-6-4-5-7-17(16)20-3/h4-10,13,19H,11H2,1-3H3/t13-/m0/s1. The van der Waals surface area contributed by atoms with Crippen LogP contribution in [-0.2, 0) is 6.54 Å². The number of halogens is 1. The second-order valence-corrected chi connectivity index (χ2v) is 5.35. The molecule has 0 aliphatic carbocycles. The Morgan fingerprint density at radius 2 is 1.95 bits per heavy atom. The van der Waals surface area contributed by atoms with E-state index in [4.69, 9.17) is 16.3 Å². The van der Waals surface area contributed by atoms with Crippen LogP contribution in [0.25, 0.3) is 0 Å². The van der Waals surface area contributed by atoms with Gasteiger partial charge in [0.05, 0.1) is 7.11 Å². The lowest BCUT2D eigenvalue weighted by atomic mass is 10.1. The molecule has 0 heterocycles. The molecule has 0 aromatic heterocycles. The van der Waals surface area contributed by atoms with Crippen LogP contribution in [0.15, 0.2) is 42.5 Å². The van der Waals surface area contributed by atoms with Crippen LogP contribution < -0.4 is 10.1 Å². The van der Waals surface area contributed by atoms with Crippen LogP contribution in [0.2, 0.25) is 5.02 Å². The first-order chi connectivity index (χ1) is 9.61. The quantitative estimate of drug-likeness (QED) is 0.874. The first-order valence-corrected chi connectivity index (χ1v) is 7.11. The zero-order chi connectivity index (χ0) is 14.5. The van der Waals surface area contributed by atoms with E-state index in [0.29, 0.717) is 0 Å². The zero-order valence-corrected chi connectivity index (χ0v) is 12.9. The van der Waals surface area contributed by atoms with E-state index in [2.05, 4.69) is 31.3 Å². The van der Waals surface area contributed by atoms with Crippen molar-refractivity contribution < 1.29 is 4.74 Å². The molecular weight excluding hydrogens is 270 g/mol. The Morgan fingerprint density at radius 3 is 2.65 bits per heavy atom. The minimum absolute atomic E-state index is 0.223. The monoisotopic (exact) mass is 289 g/mol. The molecular formula is C17H20ClNO. The maximum absolute atomic E-state index is 5.98. The van der Waals surface area contributed by atoms with E-state index >= 15 is 0 Å². The molecule has 0 unspecified atom stereocenters. The molecule has 106 valence electrons. The number of aryl methyl sites for hydroxylation is 1. The van der Waals surface area contributed by atoms with E-state index in [1.807, 2.05) is 30.3 Å². The minimum atomic E-state index is 0.223. The Hall–Kier alpha value is -1.51. The highest BCUT2D eigenvalue weighted by Gasteiger charge is 2.10. The maximum Gasteiger partial charge on any atom is 0.123 e. The number of benzene rings is 2. The third-order valence-corrected chi connectivity index (χ3v) is 3.74. The molecule has 3 heteroatoms. The molecule has 1 atom stereocenters. The van der Waals surface area contributed by atoms with Gasteiger partial charge >= 0.3 is 0 Å². The Kier molecular flexibility index (Phi) is 5.05. The Balaban J connectivity index is 2.06. The molecule has 0 aliphatic heterocycles. The lowest BCUT2D eigenvalue weighted by Crippen LogP contribution is -2.19. The van der Waals surface area contributed by atoms with Gasteiger partial charge in [0.15, 0.2) is 0 Å². The molecule has 0 amide bonds. The molecule has 1 N–H and O–H groups in total. The molecule has 0 radical (unpaired) electrons. The highest BCUT2D eigenvalue weighted by molar-refractivity contribution is 6.30. The molecule has 0 bridgehead atoms. The molecule has 0 aliphatic rings. The van der Waals surface area contributed by atoms with Gasteiger partial charge in [-0.05, 0) is 43.2 Å². The Morgan fingerprint density at radius 1 is 1.20 bits per heavy atom. The molecule has 2 rings (SSSR count). The van der Waals surface area contributed by atoms with Gasteiger partial charge in [-0.1, -0.05) is 35.9 Å². The highest BCUT2D eigenvalue weighted by Crippen LogP contribution is 2.25. The number of ether oxygens (including phenoxy) is 1. The molecule has 2 aromatic rings. The fourth-order valence-corrected chi connectivity index (χ4v) is 2.48. The Bertz CT molecular complexity index is 583. The van der Waals surface area contributed by atoms with Crippen LogP contribution in [0.4, 0.5) is 0 Å². The molecule has 2 nitrogen and oxygen atoms in total. The van der Waals surface area contributed by atoms with Crippen molar-refractivity contribution in [3.05, 3.63) is 64.2 Å². The number of methoxy groups -OCH3 is 1. The van der Waals surface area contributed by atoms with E-state index in [0.717, 1.165) is 17.3 Å². The van der Waals surface area contributed by atoms with E-state index in [-0.39, 0.29) is 6.04 Å².